The summed E-state index contributed by atoms with van der Waals surface area (Å²) in [5, 5.41) is 2.69. The molecule has 13 heavy (non-hydrogen) atoms. The zero-order valence-corrected chi connectivity index (χ0v) is 8.82. The number of carbonyl (C=O) groups excluding carboxylic acids is 1. The number of methoxy groups -OCH3 is 1. The lowest BCUT2D eigenvalue weighted by Gasteiger charge is -2.09. The number of hydrogen-bond acceptors (Lipinski definition) is 3. The van der Waals surface area contributed by atoms with E-state index in [9.17, 15) is 4.79 Å². The third kappa shape index (κ3) is 6.48. The highest BCUT2D eigenvalue weighted by Gasteiger charge is 2.10. The van der Waals surface area contributed by atoms with Gasteiger partial charge in [-0.3, -0.25) is 4.79 Å². The molecule has 0 aromatic carbocycles. The van der Waals surface area contributed by atoms with E-state index in [1.807, 2.05) is 6.92 Å². The van der Waals surface area contributed by atoms with E-state index < -0.39 is 0 Å². The van der Waals surface area contributed by atoms with Crippen LogP contribution in [0.4, 0.5) is 0 Å². The van der Waals surface area contributed by atoms with E-state index in [-0.39, 0.29) is 11.8 Å². The number of nitrogens with one attached hydrogen (secondary N) is 1. The lowest BCUT2D eigenvalue weighted by molar-refractivity contribution is -0.121. The van der Waals surface area contributed by atoms with E-state index in [4.69, 9.17) is 22.7 Å². The molecule has 4 nitrogen and oxygen atoms in total. The summed E-state index contributed by atoms with van der Waals surface area (Å²) in [6.45, 7) is 2.88. The smallest absolute Gasteiger partial charge is 0.220 e. The molecule has 0 heterocycles. The normalized spacial score (nSPS) is 12.2. The fourth-order valence-electron chi connectivity index (χ4n) is 0.743. The highest BCUT2D eigenvalue weighted by molar-refractivity contribution is 7.80. The first-order chi connectivity index (χ1) is 6.07. The van der Waals surface area contributed by atoms with E-state index in [1.165, 1.54) is 0 Å². The number of thiocarbonyl (C=S) groups is 1. The maximum atomic E-state index is 11.2. The molecule has 0 rings (SSSR count). The molecule has 0 fully saturated rings. The van der Waals surface area contributed by atoms with Crippen LogP contribution in [0.5, 0.6) is 0 Å². The van der Waals surface area contributed by atoms with Crippen LogP contribution in [0.15, 0.2) is 0 Å². The maximum Gasteiger partial charge on any atom is 0.220 e. The number of rotatable bonds is 6. The first-order valence-corrected chi connectivity index (χ1v) is 4.53. The number of hydrogen-bond donors (Lipinski definition) is 2. The summed E-state index contributed by atoms with van der Waals surface area (Å²) in [6, 6.07) is 0. The van der Waals surface area contributed by atoms with Crippen molar-refractivity contribution in [1.82, 2.24) is 5.32 Å². The van der Waals surface area contributed by atoms with Gasteiger partial charge in [-0.05, 0) is 0 Å². The largest absolute Gasteiger partial charge is 0.393 e. The molecule has 0 spiro atoms. The summed E-state index contributed by atoms with van der Waals surface area (Å²) < 4.78 is 4.78. The first-order valence-electron chi connectivity index (χ1n) is 4.13. The van der Waals surface area contributed by atoms with Crippen LogP contribution < -0.4 is 11.1 Å². The predicted molar refractivity (Wildman–Crippen MR) is 55.5 cm³/mol. The van der Waals surface area contributed by atoms with E-state index in [2.05, 4.69) is 5.32 Å². The average Bonchev–Trinajstić information content (AvgIpc) is 2.04. The summed E-state index contributed by atoms with van der Waals surface area (Å²) in [7, 11) is 1.59. The summed E-state index contributed by atoms with van der Waals surface area (Å²) in [6.07, 6.45) is 0.346. The number of nitrogens with two attached hydrogens (primary N) is 1. The zero-order chi connectivity index (χ0) is 10.3. The molecular formula is C8H16N2O2S. The Bertz CT molecular complexity index is 185. The average molecular weight is 204 g/mol. The van der Waals surface area contributed by atoms with Gasteiger partial charge in [0.2, 0.25) is 5.91 Å². The number of carbonyl (C=O) groups is 1. The molecule has 5 heteroatoms. The molecule has 3 N–H and O–H groups in total. The highest BCUT2D eigenvalue weighted by atomic mass is 32.1. The Hall–Kier alpha value is -0.680. The van der Waals surface area contributed by atoms with Gasteiger partial charge in [0.15, 0.2) is 0 Å². The van der Waals surface area contributed by atoms with Gasteiger partial charge in [0.1, 0.15) is 0 Å². The maximum absolute atomic E-state index is 11.2. The van der Waals surface area contributed by atoms with E-state index in [1.54, 1.807) is 7.11 Å². The standard InChI is InChI=1S/C8H16N2O2S/c1-6(8(9)13)5-7(11)10-3-4-12-2/h6H,3-5H2,1-2H3,(H2,9,13)(H,10,11). The molecule has 0 bridgehead atoms. The second-order valence-corrected chi connectivity index (χ2v) is 3.32. The van der Waals surface area contributed by atoms with Crippen LogP contribution >= 0.6 is 12.2 Å². The van der Waals surface area contributed by atoms with Gasteiger partial charge in [-0.1, -0.05) is 19.1 Å². The summed E-state index contributed by atoms with van der Waals surface area (Å²) >= 11 is 4.75. The van der Waals surface area contributed by atoms with Crippen LogP contribution in [0.3, 0.4) is 0 Å². The van der Waals surface area contributed by atoms with Crippen molar-refractivity contribution in [2.24, 2.45) is 11.7 Å². The monoisotopic (exact) mass is 204 g/mol. The lowest BCUT2D eigenvalue weighted by Crippen LogP contribution is -2.31. The molecule has 76 valence electrons. The quantitative estimate of drug-likeness (QED) is 0.474. The number of amides is 1. The van der Waals surface area contributed by atoms with Crippen molar-refractivity contribution in [3.63, 3.8) is 0 Å². The summed E-state index contributed by atoms with van der Waals surface area (Å²) in [4.78, 5) is 11.5. The van der Waals surface area contributed by atoms with Crippen LogP contribution in [0.2, 0.25) is 0 Å². The predicted octanol–water partition coefficient (Wildman–Crippen LogP) is 0.0613. The topological polar surface area (TPSA) is 64.3 Å². The summed E-state index contributed by atoms with van der Waals surface area (Å²) in [5.74, 6) is -0.0881. The van der Waals surface area contributed by atoms with Crippen molar-refractivity contribution in [2.45, 2.75) is 13.3 Å². The molecule has 0 aromatic rings. The lowest BCUT2D eigenvalue weighted by atomic mass is 10.1. The van der Waals surface area contributed by atoms with Crippen LogP contribution in [0.25, 0.3) is 0 Å². The molecular weight excluding hydrogens is 188 g/mol. The molecule has 0 aliphatic heterocycles. The van der Waals surface area contributed by atoms with Crippen LogP contribution in [0, 0.1) is 5.92 Å². The van der Waals surface area contributed by atoms with Gasteiger partial charge in [-0.15, -0.1) is 0 Å². The number of ether oxygens (including phenoxy) is 1. The molecule has 0 saturated heterocycles. The van der Waals surface area contributed by atoms with E-state index >= 15 is 0 Å². The van der Waals surface area contributed by atoms with Crippen molar-refractivity contribution >= 4 is 23.1 Å². The van der Waals surface area contributed by atoms with Crippen LogP contribution in [-0.4, -0.2) is 31.2 Å². The minimum atomic E-state index is -0.0441. The fourth-order valence-corrected chi connectivity index (χ4v) is 0.827. The molecule has 0 aliphatic rings. The SMILES string of the molecule is COCCNC(=O)CC(C)C(N)=S. The second-order valence-electron chi connectivity index (χ2n) is 2.85. The molecule has 0 radical (unpaired) electrons. The Balaban J connectivity index is 3.56. The minimum absolute atomic E-state index is 0.0439. The fraction of sp³-hybridized carbons (Fsp3) is 0.750. The van der Waals surface area contributed by atoms with Gasteiger partial charge in [-0.25, -0.2) is 0 Å². The molecule has 0 aromatic heterocycles. The van der Waals surface area contributed by atoms with Gasteiger partial charge in [0.05, 0.1) is 11.6 Å². The van der Waals surface area contributed by atoms with Gasteiger partial charge in [0.25, 0.3) is 0 Å². The molecule has 1 atom stereocenters. The Morgan fingerprint density at radius 2 is 2.31 bits per heavy atom. The second kappa shape index (κ2) is 6.80. The van der Waals surface area contributed by atoms with Crippen molar-refractivity contribution in [3.8, 4) is 0 Å². The van der Waals surface area contributed by atoms with Gasteiger partial charge < -0.3 is 15.8 Å². The Kier molecular flexibility index (Phi) is 6.44. The first kappa shape index (κ1) is 12.3. The Morgan fingerprint density at radius 3 is 2.77 bits per heavy atom. The van der Waals surface area contributed by atoms with Crippen molar-refractivity contribution < 1.29 is 9.53 Å². The van der Waals surface area contributed by atoms with E-state index in [0.717, 1.165) is 0 Å². The molecule has 0 saturated carbocycles. The Morgan fingerprint density at radius 1 is 1.69 bits per heavy atom. The molecule has 1 unspecified atom stereocenters. The van der Waals surface area contributed by atoms with E-state index in [0.29, 0.717) is 24.6 Å². The van der Waals surface area contributed by atoms with Crippen molar-refractivity contribution in [2.75, 3.05) is 20.3 Å². The third-order valence-corrected chi connectivity index (χ3v) is 2.01. The van der Waals surface area contributed by atoms with Crippen molar-refractivity contribution in [3.05, 3.63) is 0 Å². The summed E-state index contributed by atoms with van der Waals surface area (Å²) in [5.41, 5.74) is 5.37. The third-order valence-electron chi connectivity index (χ3n) is 1.61. The molecule has 0 aliphatic carbocycles. The van der Waals surface area contributed by atoms with Gasteiger partial charge in [-0.2, -0.15) is 0 Å². The zero-order valence-electron chi connectivity index (χ0n) is 8.00. The van der Waals surface area contributed by atoms with Gasteiger partial charge >= 0.3 is 0 Å². The minimum Gasteiger partial charge on any atom is -0.393 e. The van der Waals surface area contributed by atoms with Gasteiger partial charge in [0, 0.05) is 26.0 Å². The Labute approximate surface area is 83.8 Å². The van der Waals surface area contributed by atoms with Crippen LogP contribution in [-0.2, 0) is 9.53 Å². The highest BCUT2D eigenvalue weighted by Crippen LogP contribution is 2.00. The molecule has 1 amide bonds. The van der Waals surface area contributed by atoms with Crippen molar-refractivity contribution in [1.29, 1.82) is 0 Å². The van der Waals surface area contributed by atoms with Crippen LogP contribution in [0.1, 0.15) is 13.3 Å².